The molecule has 0 aromatic heterocycles. The van der Waals surface area contributed by atoms with Crippen LogP contribution in [0.4, 0.5) is 4.79 Å². The number of hydrogen-bond acceptors (Lipinski definition) is 5. The van der Waals surface area contributed by atoms with Crippen molar-refractivity contribution in [1.82, 2.24) is 10.4 Å². The molecule has 0 aromatic rings. The van der Waals surface area contributed by atoms with Crippen LogP contribution >= 0.6 is 0 Å². The minimum Gasteiger partial charge on any atom is -0.461 e. The third kappa shape index (κ3) is 4.99. The predicted molar refractivity (Wildman–Crippen MR) is 79.3 cm³/mol. The Morgan fingerprint density at radius 3 is 2.32 bits per heavy atom. The molecule has 0 bridgehead atoms. The third-order valence-corrected chi connectivity index (χ3v) is 3.61. The van der Waals surface area contributed by atoms with Crippen LogP contribution in [0.5, 0.6) is 0 Å². The summed E-state index contributed by atoms with van der Waals surface area (Å²) in [4.78, 5) is 22.6. The molecule has 0 aromatic carbocycles. The number of rotatable bonds is 5. The number of hydroxylamine groups is 2. The van der Waals surface area contributed by atoms with Gasteiger partial charge in [0.15, 0.2) is 0 Å². The number of amides is 1. The van der Waals surface area contributed by atoms with Crippen LogP contribution in [0.15, 0.2) is 12.7 Å². The van der Waals surface area contributed by atoms with Gasteiger partial charge in [0.1, 0.15) is 12.7 Å². The van der Waals surface area contributed by atoms with Gasteiger partial charge in [0.2, 0.25) is 0 Å². The van der Waals surface area contributed by atoms with E-state index in [4.69, 9.17) is 9.47 Å². The molecule has 1 aliphatic heterocycles. The van der Waals surface area contributed by atoms with E-state index in [2.05, 4.69) is 11.9 Å². The number of esters is 1. The Kier molecular flexibility index (Phi) is 5.96. The molecule has 1 amide bonds. The van der Waals surface area contributed by atoms with Crippen molar-refractivity contribution in [2.24, 2.45) is 0 Å². The summed E-state index contributed by atoms with van der Waals surface area (Å²) >= 11 is 0. The Morgan fingerprint density at radius 2 is 1.82 bits per heavy atom. The number of nitrogens with one attached hydrogen (secondary N) is 1. The molecular weight excluding hydrogens is 288 g/mol. The average Bonchev–Trinajstić information content (AvgIpc) is 2.40. The smallest absolute Gasteiger partial charge is 0.407 e. The summed E-state index contributed by atoms with van der Waals surface area (Å²) < 4.78 is 10.1. The second kappa shape index (κ2) is 7.11. The number of alkyl carbamates (subject to hydrolysis) is 1. The molecule has 1 aliphatic rings. The zero-order chi connectivity index (χ0) is 17.0. The molecule has 1 saturated heterocycles. The van der Waals surface area contributed by atoms with Crippen LogP contribution in [0.1, 0.15) is 40.5 Å². The molecule has 0 saturated carbocycles. The quantitative estimate of drug-likeness (QED) is 0.475. The second-order valence-electron chi connectivity index (χ2n) is 6.65. The second-order valence-corrected chi connectivity index (χ2v) is 6.65. The highest BCUT2D eigenvalue weighted by Gasteiger charge is 2.47. The first kappa shape index (κ1) is 18.4. The number of hydrogen-bond donors (Lipinski definition) is 1. The maximum atomic E-state index is 12.2. The number of piperidine rings is 1. The normalized spacial score (nSPS) is 21.0. The fraction of sp³-hybridized carbons (Fsp3) is 0.733. The van der Waals surface area contributed by atoms with Gasteiger partial charge in [-0.15, -0.1) is 10.3 Å². The van der Waals surface area contributed by atoms with Gasteiger partial charge in [0.25, 0.3) is 0 Å². The summed E-state index contributed by atoms with van der Waals surface area (Å²) in [6.07, 6.45) is 1.09. The van der Waals surface area contributed by atoms with E-state index in [1.807, 2.05) is 27.7 Å². The van der Waals surface area contributed by atoms with Crippen LogP contribution in [-0.2, 0) is 19.5 Å². The standard InChI is InChI=1S/C15H25N2O5/c1-6-12(18)21-8-7-16-13(19)22-11-9-14(2,3)17(20)15(4,5)10-11/h6,11H,1,7-10H2,2-5H3,(H,16,19). The van der Waals surface area contributed by atoms with Crippen molar-refractivity contribution in [3.8, 4) is 0 Å². The van der Waals surface area contributed by atoms with Crippen LogP contribution in [-0.4, -0.2) is 47.5 Å². The van der Waals surface area contributed by atoms with Crippen molar-refractivity contribution in [1.29, 1.82) is 0 Å². The molecule has 0 unspecified atom stereocenters. The van der Waals surface area contributed by atoms with E-state index in [1.165, 1.54) is 0 Å². The summed E-state index contributed by atoms with van der Waals surface area (Å²) in [6.45, 7) is 10.8. The topological polar surface area (TPSA) is 87.8 Å². The van der Waals surface area contributed by atoms with E-state index in [9.17, 15) is 14.8 Å². The van der Waals surface area contributed by atoms with Gasteiger partial charge in [-0.05, 0) is 27.7 Å². The van der Waals surface area contributed by atoms with Crippen molar-refractivity contribution < 1.29 is 24.3 Å². The van der Waals surface area contributed by atoms with Crippen LogP contribution in [0.25, 0.3) is 0 Å². The van der Waals surface area contributed by atoms with Gasteiger partial charge in [-0.2, -0.15) is 0 Å². The predicted octanol–water partition coefficient (Wildman–Crippen LogP) is 1.81. The number of ether oxygens (including phenoxy) is 2. The third-order valence-electron chi connectivity index (χ3n) is 3.61. The van der Waals surface area contributed by atoms with E-state index in [0.29, 0.717) is 12.8 Å². The van der Waals surface area contributed by atoms with Gasteiger partial charge < -0.3 is 14.8 Å². The molecule has 1 rings (SSSR count). The Labute approximate surface area is 131 Å². The van der Waals surface area contributed by atoms with Gasteiger partial charge in [-0.25, -0.2) is 9.59 Å². The van der Waals surface area contributed by atoms with E-state index >= 15 is 0 Å². The summed E-state index contributed by atoms with van der Waals surface area (Å²) in [5.41, 5.74) is -1.18. The lowest BCUT2D eigenvalue weighted by Gasteiger charge is -2.49. The molecule has 0 spiro atoms. The van der Waals surface area contributed by atoms with Gasteiger partial charge in [-0.1, -0.05) is 6.58 Å². The average molecular weight is 313 g/mol. The Bertz CT molecular complexity index is 416. The first-order chi connectivity index (χ1) is 10.1. The molecule has 1 radical (unpaired) electrons. The summed E-state index contributed by atoms with van der Waals surface area (Å²) in [6, 6.07) is 0. The van der Waals surface area contributed by atoms with Crippen molar-refractivity contribution in [3.05, 3.63) is 12.7 Å². The zero-order valence-electron chi connectivity index (χ0n) is 13.7. The van der Waals surface area contributed by atoms with Gasteiger partial charge in [0, 0.05) is 30.0 Å². The fourth-order valence-electron chi connectivity index (χ4n) is 2.81. The summed E-state index contributed by atoms with van der Waals surface area (Å²) in [7, 11) is 0. The molecule has 7 nitrogen and oxygen atoms in total. The lowest BCUT2D eigenvalue weighted by molar-refractivity contribution is -0.298. The maximum Gasteiger partial charge on any atom is 0.407 e. The van der Waals surface area contributed by atoms with Crippen LogP contribution in [0.3, 0.4) is 0 Å². The molecule has 1 N–H and O–H groups in total. The largest absolute Gasteiger partial charge is 0.461 e. The van der Waals surface area contributed by atoms with Crippen LogP contribution in [0.2, 0.25) is 0 Å². The number of carbonyl (C=O) groups is 2. The first-order valence-corrected chi connectivity index (χ1v) is 7.29. The summed E-state index contributed by atoms with van der Waals surface area (Å²) in [5, 5.41) is 15.8. The van der Waals surface area contributed by atoms with E-state index in [1.54, 1.807) is 0 Å². The highest BCUT2D eigenvalue weighted by molar-refractivity contribution is 5.81. The SMILES string of the molecule is C=CC(=O)OCCNC(=O)OC1CC(C)(C)N([O])C(C)(C)C1. The lowest BCUT2D eigenvalue weighted by Crippen LogP contribution is -2.60. The molecule has 0 atom stereocenters. The monoisotopic (exact) mass is 313 g/mol. The molecular formula is C15H25N2O5. The van der Waals surface area contributed by atoms with E-state index in [-0.39, 0.29) is 19.3 Å². The van der Waals surface area contributed by atoms with Crippen LogP contribution < -0.4 is 5.32 Å². The van der Waals surface area contributed by atoms with Crippen molar-refractivity contribution >= 4 is 12.1 Å². The molecule has 22 heavy (non-hydrogen) atoms. The van der Waals surface area contributed by atoms with Crippen molar-refractivity contribution in [2.45, 2.75) is 57.7 Å². The maximum absolute atomic E-state index is 12.2. The van der Waals surface area contributed by atoms with E-state index < -0.39 is 23.1 Å². The van der Waals surface area contributed by atoms with Crippen LogP contribution in [0, 0.1) is 0 Å². The molecule has 7 heteroatoms. The Hall–Kier alpha value is -1.60. The highest BCUT2D eigenvalue weighted by atomic mass is 16.6. The Morgan fingerprint density at radius 1 is 1.27 bits per heavy atom. The molecule has 0 aliphatic carbocycles. The minimum absolute atomic E-state index is 0.0515. The lowest BCUT2D eigenvalue weighted by atomic mass is 9.80. The minimum atomic E-state index is -0.591. The number of carbonyl (C=O) groups excluding carboxylic acids is 2. The van der Waals surface area contributed by atoms with Gasteiger partial charge in [0.05, 0.1) is 6.54 Å². The Balaban J connectivity index is 2.41. The van der Waals surface area contributed by atoms with Crippen molar-refractivity contribution in [3.63, 3.8) is 0 Å². The van der Waals surface area contributed by atoms with E-state index in [0.717, 1.165) is 11.1 Å². The van der Waals surface area contributed by atoms with Gasteiger partial charge >= 0.3 is 12.1 Å². The number of nitrogens with zero attached hydrogens (tertiary/aromatic N) is 1. The fourth-order valence-corrected chi connectivity index (χ4v) is 2.81. The molecule has 1 heterocycles. The van der Waals surface area contributed by atoms with Gasteiger partial charge in [-0.3, -0.25) is 0 Å². The molecule has 125 valence electrons. The first-order valence-electron chi connectivity index (χ1n) is 7.29. The highest BCUT2D eigenvalue weighted by Crippen LogP contribution is 2.38. The summed E-state index contributed by atoms with van der Waals surface area (Å²) in [5.74, 6) is -0.540. The van der Waals surface area contributed by atoms with Crippen molar-refractivity contribution in [2.75, 3.05) is 13.2 Å². The zero-order valence-corrected chi connectivity index (χ0v) is 13.7. The molecule has 1 fully saturated rings.